The third-order valence-corrected chi connectivity index (χ3v) is 3.77. The molecule has 1 rings (SSSR count). The standard InChI is InChI=1S/C18H29NO/c1-17(19-20)13-9-6-4-2-3-5-7-10-14-18-15-11-8-12-16-18/h8,11-12,15-16,20H,2-7,9-10,13-14H2,1H3. The maximum atomic E-state index is 8.53. The fourth-order valence-electron chi connectivity index (χ4n) is 2.47. The van der Waals surface area contributed by atoms with Gasteiger partial charge in [-0.1, -0.05) is 74.0 Å². The summed E-state index contributed by atoms with van der Waals surface area (Å²) in [5.74, 6) is 0. The summed E-state index contributed by atoms with van der Waals surface area (Å²) in [4.78, 5) is 0. The van der Waals surface area contributed by atoms with Crippen molar-refractivity contribution < 1.29 is 5.21 Å². The summed E-state index contributed by atoms with van der Waals surface area (Å²) < 4.78 is 0. The lowest BCUT2D eigenvalue weighted by Gasteiger charge is -2.03. The van der Waals surface area contributed by atoms with Gasteiger partial charge in [-0.05, 0) is 38.2 Å². The van der Waals surface area contributed by atoms with Crippen molar-refractivity contribution in [3.8, 4) is 0 Å². The van der Waals surface area contributed by atoms with Gasteiger partial charge in [-0.25, -0.2) is 0 Å². The highest BCUT2D eigenvalue weighted by Gasteiger charge is 1.95. The van der Waals surface area contributed by atoms with Gasteiger partial charge in [0.2, 0.25) is 0 Å². The van der Waals surface area contributed by atoms with Crippen molar-refractivity contribution in [1.29, 1.82) is 0 Å². The van der Waals surface area contributed by atoms with Gasteiger partial charge in [0.25, 0.3) is 0 Å². The Kier molecular flexibility index (Phi) is 9.64. The Morgan fingerprint density at radius 3 is 2.00 bits per heavy atom. The molecular weight excluding hydrogens is 246 g/mol. The van der Waals surface area contributed by atoms with Crippen LogP contribution in [-0.2, 0) is 6.42 Å². The summed E-state index contributed by atoms with van der Waals surface area (Å²) in [6.07, 6.45) is 12.6. The van der Waals surface area contributed by atoms with Gasteiger partial charge in [0.05, 0.1) is 5.71 Å². The second kappa shape index (κ2) is 11.5. The van der Waals surface area contributed by atoms with Crippen LogP contribution >= 0.6 is 0 Å². The van der Waals surface area contributed by atoms with Gasteiger partial charge in [0.15, 0.2) is 0 Å². The second-order valence-electron chi connectivity index (χ2n) is 5.65. The first-order chi connectivity index (χ1) is 9.83. The van der Waals surface area contributed by atoms with Crippen molar-refractivity contribution >= 4 is 5.71 Å². The smallest absolute Gasteiger partial charge is 0.0540 e. The number of benzene rings is 1. The lowest BCUT2D eigenvalue weighted by Crippen LogP contribution is -1.91. The van der Waals surface area contributed by atoms with Crippen molar-refractivity contribution in [2.24, 2.45) is 5.16 Å². The molecule has 0 saturated heterocycles. The minimum Gasteiger partial charge on any atom is -0.411 e. The molecule has 112 valence electrons. The summed E-state index contributed by atoms with van der Waals surface area (Å²) in [6, 6.07) is 10.8. The molecule has 20 heavy (non-hydrogen) atoms. The first-order valence-corrected chi connectivity index (χ1v) is 8.04. The SMILES string of the molecule is CC(CCCCCCCCCCc1ccccc1)=NO. The highest BCUT2D eigenvalue weighted by Crippen LogP contribution is 2.12. The van der Waals surface area contributed by atoms with Crippen LogP contribution in [0, 0.1) is 0 Å². The number of oxime groups is 1. The van der Waals surface area contributed by atoms with Gasteiger partial charge in [-0.2, -0.15) is 0 Å². The highest BCUT2D eigenvalue weighted by atomic mass is 16.4. The normalized spacial score (nSPS) is 11.8. The quantitative estimate of drug-likeness (QED) is 0.243. The third kappa shape index (κ3) is 8.73. The molecule has 0 aliphatic carbocycles. The van der Waals surface area contributed by atoms with Gasteiger partial charge in [-0.15, -0.1) is 0 Å². The molecule has 0 unspecified atom stereocenters. The van der Waals surface area contributed by atoms with Crippen LogP contribution in [-0.4, -0.2) is 10.9 Å². The second-order valence-corrected chi connectivity index (χ2v) is 5.65. The fraction of sp³-hybridized carbons (Fsp3) is 0.611. The molecule has 2 heteroatoms. The Morgan fingerprint density at radius 2 is 1.40 bits per heavy atom. The number of hydrogen-bond acceptors (Lipinski definition) is 2. The lowest BCUT2D eigenvalue weighted by atomic mass is 10.0. The largest absolute Gasteiger partial charge is 0.411 e. The Balaban J connectivity index is 1.83. The highest BCUT2D eigenvalue weighted by molar-refractivity contribution is 5.81. The van der Waals surface area contributed by atoms with Gasteiger partial charge >= 0.3 is 0 Å². The average molecular weight is 275 g/mol. The minimum atomic E-state index is 0.853. The first kappa shape index (κ1) is 16.7. The van der Waals surface area contributed by atoms with E-state index in [0.717, 1.165) is 18.6 Å². The van der Waals surface area contributed by atoms with E-state index in [1.54, 1.807) is 0 Å². The third-order valence-electron chi connectivity index (χ3n) is 3.77. The Hall–Kier alpha value is -1.31. The molecule has 0 aliphatic rings. The Bertz CT molecular complexity index is 359. The Morgan fingerprint density at radius 1 is 0.850 bits per heavy atom. The number of nitrogens with zero attached hydrogens (tertiary/aromatic N) is 1. The van der Waals surface area contributed by atoms with Crippen LogP contribution in [0.5, 0.6) is 0 Å². The summed E-state index contributed by atoms with van der Waals surface area (Å²) in [7, 11) is 0. The topological polar surface area (TPSA) is 32.6 Å². The van der Waals surface area contributed by atoms with E-state index in [1.165, 1.54) is 56.9 Å². The zero-order valence-electron chi connectivity index (χ0n) is 12.9. The molecule has 0 amide bonds. The van der Waals surface area contributed by atoms with E-state index in [2.05, 4.69) is 35.5 Å². The van der Waals surface area contributed by atoms with Crippen molar-refractivity contribution in [3.05, 3.63) is 35.9 Å². The molecule has 0 aromatic heterocycles. The summed E-state index contributed by atoms with van der Waals surface area (Å²) in [5, 5.41) is 11.7. The molecule has 2 nitrogen and oxygen atoms in total. The number of aryl methyl sites for hydroxylation is 1. The van der Waals surface area contributed by atoms with Gasteiger partial charge in [0.1, 0.15) is 0 Å². The molecule has 0 radical (unpaired) electrons. The molecule has 0 saturated carbocycles. The minimum absolute atomic E-state index is 0.853. The molecule has 0 fully saturated rings. The van der Waals surface area contributed by atoms with Crippen LogP contribution in [0.4, 0.5) is 0 Å². The molecule has 0 aliphatic heterocycles. The van der Waals surface area contributed by atoms with E-state index in [-0.39, 0.29) is 0 Å². The zero-order chi connectivity index (χ0) is 14.5. The number of rotatable bonds is 11. The predicted octanol–water partition coefficient (Wildman–Crippen LogP) is 5.59. The summed E-state index contributed by atoms with van der Waals surface area (Å²) in [6.45, 7) is 1.88. The van der Waals surface area contributed by atoms with E-state index in [0.29, 0.717) is 0 Å². The molecule has 1 aromatic rings. The molecule has 0 heterocycles. The van der Waals surface area contributed by atoms with E-state index in [1.807, 2.05) is 6.92 Å². The van der Waals surface area contributed by atoms with E-state index >= 15 is 0 Å². The summed E-state index contributed by atoms with van der Waals surface area (Å²) >= 11 is 0. The first-order valence-electron chi connectivity index (χ1n) is 8.04. The van der Waals surface area contributed by atoms with Crippen molar-refractivity contribution in [2.45, 2.75) is 71.1 Å². The van der Waals surface area contributed by atoms with Crippen molar-refractivity contribution in [2.75, 3.05) is 0 Å². The molecular formula is C18H29NO. The monoisotopic (exact) mass is 275 g/mol. The summed E-state index contributed by atoms with van der Waals surface area (Å²) in [5.41, 5.74) is 2.32. The Labute approximate surface area is 123 Å². The molecule has 1 aromatic carbocycles. The van der Waals surface area contributed by atoms with E-state index < -0.39 is 0 Å². The zero-order valence-corrected chi connectivity index (χ0v) is 12.9. The van der Waals surface area contributed by atoms with Crippen LogP contribution in [0.2, 0.25) is 0 Å². The van der Waals surface area contributed by atoms with Gasteiger partial charge in [0, 0.05) is 0 Å². The van der Waals surface area contributed by atoms with Crippen molar-refractivity contribution in [1.82, 2.24) is 0 Å². The van der Waals surface area contributed by atoms with Crippen LogP contribution in [0.15, 0.2) is 35.5 Å². The fourth-order valence-corrected chi connectivity index (χ4v) is 2.47. The maximum Gasteiger partial charge on any atom is 0.0540 e. The van der Waals surface area contributed by atoms with E-state index in [4.69, 9.17) is 5.21 Å². The average Bonchev–Trinajstić information content (AvgIpc) is 2.50. The van der Waals surface area contributed by atoms with Crippen LogP contribution in [0.1, 0.15) is 70.3 Å². The number of hydrogen-bond donors (Lipinski definition) is 1. The van der Waals surface area contributed by atoms with Crippen molar-refractivity contribution in [3.63, 3.8) is 0 Å². The molecule has 1 N–H and O–H groups in total. The van der Waals surface area contributed by atoms with Crippen LogP contribution < -0.4 is 0 Å². The van der Waals surface area contributed by atoms with E-state index in [9.17, 15) is 0 Å². The van der Waals surface area contributed by atoms with Crippen LogP contribution in [0.25, 0.3) is 0 Å². The molecule has 0 spiro atoms. The van der Waals surface area contributed by atoms with Crippen LogP contribution in [0.3, 0.4) is 0 Å². The lowest BCUT2D eigenvalue weighted by molar-refractivity contribution is 0.317. The van der Waals surface area contributed by atoms with Gasteiger partial charge in [-0.3, -0.25) is 0 Å². The molecule has 0 bridgehead atoms. The molecule has 0 atom stereocenters. The number of unbranched alkanes of at least 4 members (excludes halogenated alkanes) is 7. The predicted molar refractivity (Wildman–Crippen MR) is 86.6 cm³/mol. The van der Waals surface area contributed by atoms with Gasteiger partial charge < -0.3 is 5.21 Å². The maximum absolute atomic E-state index is 8.53.